The van der Waals surface area contributed by atoms with Gasteiger partial charge in [-0.2, -0.15) is 0 Å². The fourth-order valence-electron chi connectivity index (χ4n) is 4.01. The zero-order chi connectivity index (χ0) is 23.9. The smallest absolute Gasteiger partial charge is 0.257 e. The molecule has 2 N–H and O–H groups in total. The van der Waals surface area contributed by atoms with E-state index in [9.17, 15) is 9.59 Å². The fraction of sp³-hybridized carbons (Fsp3) is 0.259. The second kappa shape index (κ2) is 12.2. The van der Waals surface area contributed by atoms with Crippen molar-refractivity contribution in [1.82, 2.24) is 4.90 Å². The van der Waals surface area contributed by atoms with E-state index in [0.29, 0.717) is 28.3 Å². The van der Waals surface area contributed by atoms with E-state index in [2.05, 4.69) is 27.5 Å². The summed E-state index contributed by atoms with van der Waals surface area (Å²) >= 11 is 0. The lowest BCUT2D eigenvalue weighted by Crippen LogP contribution is -2.28. The van der Waals surface area contributed by atoms with Gasteiger partial charge in [0, 0.05) is 42.6 Å². The van der Waals surface area contributed by atoms with Crippen LogP contribution in [0.4, 0.5) is 17.1 Å². The molecule has 1 aliphatic heterocycles. The first-order valence-corrected chi connectivity index (χ1v) is 11.4. The lowest BCUT2D eigenvalue weighted by Gasteiger charge is -2.23. The number of carbonyl (C=O) groups excluding carboxylic acids is 2. The van der Waals surface area contributed by atoms with Crippen LogP contribution in [0.2, 0.25) is 0 Å². The Morgan fingerprint density at radius 2 is 1.60 bits per heavy atom. The number of nitrogens with one attached hydrogen (secondary N) is 2. The normalized spacial score (nSPS) is 13.8. The summed E-state index contributed by atoms with van der Waals surface area (Å²) in [7, 11) is 3.72. The third-order valence-corrected chi connectivity index (χ3v) is 5.96. The zero-order valence-electron chi connectivity index (χ0n) is 20.0. The van der Waals surface area contributed by atoms with Gasteiger partial charge in [-0.1, -0.05) is 18.2 Å². The fourth-order valence-corrected chi connectivity index (χ4v) is 4.01. The Morgan fingerprint density at radius 1 is 0.829 bits per heavy atom. The van der Waals surface area contributed by atoms with Crippen molar-refractivity contribution in [3.8, 4) is 5.75 Å². The van der Waals surface area contributed by atoms with E-state index in [1.165, 1.54) is 0 Å². The molecule has 0 aromatic heterocycles. The molecule has 8 heteroatoms. The summed E-state index contributed by atoms with van der Waals surface area (Å²) in [6, 6.07) is 21.7. The van der Waals surface area contributed by atoms with Crippen LogP contribution in [0.3, 0.4) is 0 Å². The predicted molar refractivity (Wildman–Crippen MR) is 143 cm³/mol. The molecule has 0 saturated carbocycles. The van der Waals surface area contributed by atoms with Crippen LogP contribution >= 0.6 is 12.4 Å². The molecule has 1 fully saturated rings. The average Bonchev–Trinajstić information content (AvgIpc) is 3.09. The number of likely N-dealkylation sites (N-methyl/N-ethyl adjacent to an activating group) is 1. The van der Waals surface area contributed by atoms with E-state index in [0.717, 1.165) is 38.3 Å². The lowest BCUT2D eigenvalue weighted by molar-refractivity contribution is 0.102. The Morgan fingerprint density at radius 3 is 2.37 bits per heavy atom. The van der Waals surface area contributed by atoms with Gasteiger partial charge in [-0.25, -0.2) is 0 Å². The molecule has 184 valence electrons. The molecule has 0 spiro atoms. The SMILES string of the molecule is COc1cccc(NC(=O)c2ccccc2NC(=O)c2ccc(N3CCCN(C)CC3)cc2)c1.Cl. The van der Waals surface area contributed by atoms with Crippen molar-refractivity contribution in [1.29, 1.82) is 0 Å². The Kier molecular flexibility index (Phi) is 9.11. The molecule has 1 aliphatic rings. The van der Waals surface area contributed by atoms with E-state index in [4.69, 9.17) is 4.74 Å². The van der Waals surface area contributed by atoms with Crippen LogP contribution in [0.15, 0.2) is 72.8 Å². The van der Waals surface area contributed by atoms with Gasteiger partial charge in [0.15, 0.2) is 0 Å². The molecule has 0 bridgehead atoms. The first-order chi connectivity index (χ1) is 16.5. The molecular weight excluding hydrogens is 464 g/mol. The van der Waals surface area contributed by atoms with Crippen molar-refractivity contribution in [3.63, 3.8) is 0 Å². The molecule has 4 rings (SSSR count). The van der Waals surface area contributed by atoms with Crippen molar-refractivity contribution < 1.29 is 14.3 Å². The Labute approximate surface area is 212 Å². The Bertz CT molecular complexity index is 1150. The quantitative estimate of drug-likeness (QED) is 0.516. The number of para-hydroxylation sites is 1. The summed E-state index contributed by atoms with van der Waals surface area (Å²) in [6.07, 6.45) is 1.12. The summed E-state index contributed by atoms with van der Waals surface area (Å²) in [5.74, 6) is 0.0736. The van der Waals surface area contributed by atoms with Gasteiger partial charge in [0.1, 0.15) is 5.75 Å². The van der Waals surface area contributed by atoms with Gasteiger partial charge < -0.3 is 25.2 Å². The Balaban J connectivity index is 0.00000342. The zero-order valence-corrected chi connectivity index (χ0v) is 20.8. The monoisotopic (exact) mass is 494 g/mol. The van der Waals surface area contributed by atoms with E-state index in [1.54, 1.807) is 55.6 Å². The first kappa shape index (κ1) is 26.1. The minimum absolute atomic E-state index is 0. The van der Waals surface area contributed by atoms with E-state index < -0.39 is 0 Å². The van der Waals surface area contributed by atoms with Crippen molar-refractivity contribution in [2.24, 2.45) is 0 Å². The maximum absolute atomic E-state index is 12.9. The number of rotatable bonds is 6. The van der Waals surface area contributed by atoms with Crippen molar-refractivity contribution in [2.45, 2.75) is 6.42 Å². The number of carbonyl (C=O) groups is 2. The molecule has 35 heavy (non-hydrogen) atoms. The average molecular weight is 495 g/mol. The number of nitrogens with zero attached hydrogens (tertiary/aromatic N) is 2. The molecule has 0 radical (unpaired) electrons. The summed E-state index contributed by atoms with van der Waals surface area (Å²) in [4.78, 5) is 30.5. The van der Waals surface area contributed by atoms with Gasteiger partial charge in [-0.05, 0) is 68.5 Å². The highest BCUT2D eigenvalue weighted by atomic mass is 35.5. The largest absolute Gasteiger partial charge is 0.497 e. The van der Waals surface area contributed by atoms with Gasteiger partial charge >= 0.3 is 0 Å². The second-order valence-electron chi connectivity index (χ2n) is 8.38. The van der Waals surface area contributed by atoms with Gasteiger partial charge in [-0.15, -0.1) is 12.4 Å². The number of hydrogen-bond acceptors (Lipinski definition) is 5. The number of hydrogen-bond donors (Lipinski definition) is 2. The van der Waals surface area contributed by atoms with Crippen LogP contribution in [-0.2, 0) is 0 Å². The van der Waals surface area contributed by atoms with E-state index >= 15 is 0 Å². The number of benzene rings is 3. The van der Waals surface area contributed by atoms with Crippen LogP contribution in [0.25, 0.3) is 0 Å². The first-order valence-electron chi connectivity index (χ1n) is 11.4. The minimum atomic E-state index is -0.314. The molecule has 3 aromatic carbocycles. The third kappa shape index (κ3) is 6.74. The summed E-state index contributed by atoms with van der Waals surface area (Å²) in [5, 5.41) is 5.75. The number of methoxy groups -OCH3 is 1. The highest BCUT2D eigenvalue weighted by Crippen LogP contribution is 2.22. The van der Waals surface area contributed by atoms with Gasteiger partial charge in [0.2, 0.25) is 0 Å². The highest BCUT2D eigenvalue weighted by Gasteiger charge is 2.16. The molecule has 3 aromatic rings. The minimum Gasteiger partial charge on any atom is -0.497 e. The van der Waals surface area contributed by atoms with Crippen LogP contribution in [0.5, 0.6) is 5.75 Å². The predicted octanol–water partition coefficient (Wildman–Crippen LogP) is 4.76. The molecule has 1 heterocycles. The lowest BCUT2D eigenvalue weighted by atomic mass is 10.1. The molecule has 0 atom stereocenters. The number of halogens is 1. The maximum atomic E-state index is 12.9. The topological polar surface area (TPSA) is 73.9 Å². The number of anilines is 3. The van der Waals surface area contributed by atoms with Crippen molar-refractivity contribution >= 4 is 41.3 Å². The Hall–Kier alpha value is -3.55. The molecule has 0 aliphatic carbocycles. The second-order valence-corrected chi connectivity index (χ2v) is 8.38. The molecule has 1 saturated heterocycles. The van der Waals surface area contributed by atoms with Crippen LogP contribution < -0.4 is 20.3 Å². The van der Waals surface area contributed by atoms with Crippen molar-refractivity contribution in [3.05, 3.63) is 83.9 Å². The standard InChI is InChI=1S/C27H30N4O3.ClH/c1-30-15-6-16-31(18-17-30)22-13-11-20(12-14-22)26(32)29-25-10-4-3-9-24(25)27(33)28-21-7-5-8-23(19-21)34-2;/h3-5,7-14,19H,6,15-18H2,1-2H3,(H,28,33)(H,29,32);1H. The van der Waals surface area contributed by atoms with Crippen LogP contribution in [0, 0.1) is 0 Å². The summed E-state index contributed by atoms with van der Waals surface area (Å²) in [5.41, 5.74) is 3.10. The van der Waals surface area contributed by atoms with Crippen LogP contribution in [0.1, 0.15) is 27.1 Å². The highest BCUT2D eigenvalue weighted by molar-refractivity contribution is 6.12. The molecule has 0 unspecified atom stereocenters. The van der Waals surface area contributed by atoms with Crippen molar-refractivity contribution in [2.75, 3.05) is 55.9 Å². The van der Waals surface area contributed by atoms with Gasteiger partial charge in [-0.3, -0.25) is 9.59 Å². The maximum Gasteiger partial charge on any atom is 0.257 e. The summed E-state index contributed by atoms with van der Waals surface area (Å²) in [6.45, 7) is 4.10. The van der Waals surface area contributed by atoms with Gasteiger partial charge in [0.25, 0.3) is 11.8 Å². The number of ether oxygens (including phenoxy) is 1. The third-order valence-electron chi connectivity index (χ3n) is 5.96. The summed E-state index contributed by atoms with van der Waals surface area (Å²) < 4.78 is 5.21. The van der Waals surface area contributed by atoms with Crippen LogP contribution in [-0.4, -0.2) is 57.1 Å². The van der Waals surface area contributed by atoms with E-state index in [-0.39, 0.29) is 24.2 Å². The van der Waals surface area contributed by atoms with E-state index in [1.807, 2.05) is 24.3 Å². The number of amides is 2. The molecule has 7 nitrogen and oxygen atoms in total. The molecule has 2 amide bonds. The molecular formula is C27H31ClN4O3. The van der Waals surface area contributed by atoms with Gasteiger partial charge in [0.05, 0.1) is 18.4 Å².